The lowest BCUT2D eigenvalue weighted by molar-refractivity contribution is -0.156. The van der Waals surface area contributed by atoms with Crippen LogP contribution in [0.3, 0.4) is 0 Å². The van der Waals surface area contributed by atoms with Gasteiger partial charge in [-0.3, -0.25) is 0 Å². The van der Waals surface area contributed by atoms with Gasteiger partial charge in [0.15, 0.2) is 12.3 Å². The highest BCUT2D eigenvalue weighted by molar-refractivity contribution is 5.74. The van der Waals surface area contributed by atoms with Crippen molar-refractivity contribution in [1.29, 1.82) is 0 Å². The molecule has 0 aliphatic heterocycles. The van der Waals surface area contributed by atoms with E-state index in [0.717, 1.165) is 51.4 Å². The minimum absolute atomic E-state index is 0.170. The highest BCUT2D eigenvalue weighted by Crippen LogP contribution is 2.37. The van der Waals surface area contributed by atoms with Gasteiger partial charge in [-0.05, 0) is 88.2 Å². The first kappa shape index (κ1) is 22.7. The first-order valence-corrected chi connectivity index (χ1v) is 11.1. The van der Waals surface area contributed by atoms with E-state index in [1.807, 2.05) is 0 Å². The fourth-order valence-electron chi connectivity index (χ4n) is 4.58. The van der Waals surface area contributed by atoms with E-state index in [0.29, 0.717) is 11.8 Å². The summed E-state index contributed by atoms with van der Waals surface area (Å²) in [4.78, 5) is 22.8. The fourth-order valence-corrected chi connectivity index (χ4v) is 4.58. The molecule has 0 saturated heterocycles. The predicted molar refractivity (Wildman–Crippen MR) is 110 cm³/mol. The van der Waals surface area contributed by atoms with Crippen molar-refractivity contribution in [3.05, 3.63) is 35.4 Å². The van der Waals surface area contributed by atoms with Crippen LogP contribution in [0, 0.1) is 0 Å². The monoisotopic (exact) mass is 422 g/mol. The van der Waals surface area contributed by atoms with E-state index in [9.17, 15) is 18.4 Å². The molecule has 2 aliphatic carbocycles. The van der Waals surface area contributed by atoms with Gasteiger partial charge in [-0.25, -0.2) is 18.4 Å². The highest BCUT2D eigenvalue weighted by atomic mass is 19.1. The lowest BCUT2D eigenvalue weighted by Crippen LogP contribution is -2.27. The Balaban J connectivity index is 1.46. The second kappa shape index (κ2) is 10.4. The van der Waals surface area contributed by atoms with Crippen LogP contribution < -0.4 is 0 Å². The topological polar surface area (TPSA) is 52.6 Å². The number of halogens is 2. The first-order chi connectivity index (χ1) is 14.3. The molecule has 3 rings (SSSR count). The van der Waals surface area contributed by atoms with E-state index < -0.39 is 24.3 Å². The number of benzene rings is 1. The summed E-state index contributed by atoms with van der Waals surface area (Å²) >= 11 is 0. The molecule has 1 aromatic carbocycles. The summed E-state index contributed by atoms with van der Waals surface area (Å²) in [6.45, 7) is 2.41. The molecule has 6 heteroatoms. The molecule has 0 heterocycles. The molecule has 2 aliphatic rings. The quantitative estimate of drug-likeness (QED) is 0.565. The zero-order valence-corrected chi connectivity index (χ0v) is 17.8. The van der Waals surface area contributed by atoms with Gasteiger partial charge in [-0.15, -0.1) is 0 Å². The Morgan fingerprint density at radius 3 is 1.27 bits per heavy atom. The Hall–Kier alpha value is -1.98. The Morgan fingerprint density at radius 1 is 0.700 bits per heavy atom. The molecule has 1 aromatic rings. The molecule has 30 heavy (non-hydrogen) atoms. The molecule has 2 fully saturated rings. The number of hydrogen-bond acceptors (Lipinski definition) is 4. The van der Waals surface area contributed by atoms with Gasteiger partial charge >= 0.3 is 11.9 Å². The molecular weight excluding hydrogens is 390 g/mol. The van der Waals surface area contributed by atoms with Gasteiger partial charge in [-0.1, -0.05) is 24.3 Å². The maximum atomic E-state index is 13.0. The van der Waals surface area contributed by atoms with Gasteiger partial charge in [0.25, 0.3) is 0 Å². The molecule has 166 valence electrons. The van der Waals surface area contributed by atoms with Crippen molar-refractivity contribution < 1.29 is 27.8 Å². The van der Waals surface area contributed by atoms with Crippen molar-refractivity contribution in [1.82, 2.24) is 0 Å². The van der Waals surface area contributed by atoms with Crippen molar-refractivity contribution in [3.63, 3.8) is 0 Å². The maximum Gasteiger partial charge on any atom is 0.340 e. The standard InChI is InChI=1S/C24H32F2O4/c1-15(25)23(27)29-21-11-7-19(8-12-21)17-3-5-18(6-4-17)20-9-13-22(14-10-20)30-24(28)16(2)26/h3-6,15-16,19-22H,7-14H2,1-2H3/t15-,16-,19?,20?,21?,22?/m1/s1. The van der Waals surface area contributed by atoms with E-state index in [1.54, 1.807) is 0 Å². The van der Waals surface area contributed by atoms with E-state index >= 15 is 0 Å². The minimum atomic E-state index is -1.57. The largest absolute Gasteiger partial charge is 0.460 e. The number of rotatable bonds is 6. The van der Waals surface area contributed by atoms with Crippen molar-refractivity contribution >= 4 is 11.9 Å². The smallest absolute Gasteiger partial charge is 0.340 e. The lowest BCUT2D eigenvalue weighted by atomic mass is 9.80. The van der Waals surface area contributed by atoms with E-state index in [4.69, 9.17) is 9.47 Å². The van der Waals surface area contributed by atoms with E-state index in [2.05, 4.69) is 24.3 Å². The van der Waals surface area contributed by atoms with E-state index in [1.165, 1.54) is 25.0 Å². The summed E-state index contributed by atoms with van der Waals surface area (Å²) in [5.74, 6) is -0.637. The summed E-state index contributed by atoms with van der Waals surface area (Å²) in [5.41, 5.74) is 2.59. The van der Waals surface area contributed by atoms with Crippen molar-refractivity contribution in [2.24, 2.45) is 0 Å². The normalized spacial score (nSPS) is 28.9. The molecule has 0 aromatic heterocycles. The van der Waals surface area contributed by atoms with Crippen molar-refractivity contribution in [2.75, 3.05) is 0 Å². The number of carbonyl (C=O) groups is 2. The zero-order valence-electron chi connectivity index (χ0n) is 17.8. The second-order valence-corrected chi connectivity index (χ2v) is 8.72. The number of ether oxygens (including phenoxy) is 2. The van der Waals surface area contributed by atoms with Gasteiger partial charge in [0.1, 0.15) is 12.2 Å². The van der Waals surface area contributed by atoms with E-state index in [-0.39, 0.29) is 12.2 Å². The molecular formula is C24H32F2O4. The molecule has 2 saturated carbocycles. The molecule has 4 nitrogen and oxygen atoms in total. The average molecular weight is 423 g/mol. The van der Waals surface area contributed by atoms with Crippen LogP contribution in [0.15, 0.2) is 24.3 Å². The van der Waals surface area contributed by atoms with Crippen molar-refractivity contribution in [3.8, 4) is 0 Å². The van der Waals surface area contributed by atoms with Crippen LogP contribution >= 0.6 is 0 Å². The van der Waals surface area contributed by atoms with Gasteiger partial charge < -0.3 is 9.47 Å². The summed E-state index contributed by atoms with van der Waals surface area (Å²) in [6.07, 6.45) is 3.33. The van der Waals surface area contributed by atoms with Gasteiger partial charge in [-0.2, -0.15) is 0 Å². The van der Waals surface area contributed by atoms with Crippen LogP contribution in [-0.4, -0.2) is 36.5 Å². The van der Waals surface area contributed by atoms with Gasteiger partial charge in [0, 0.05) is 0 Å². The summed E-state index contributed by atoms with van der Waals surface area (Å²) < 4.78 is 36.4. The molecule has 0 spiro atoms. The zero-order chi connectivity index (χ0) is 21.7. The predicted octanol–water partition coefficient (Wildman–Crippen LogP) is 5.54. The third kappa shape index (κ3) is 6.02. The number of esters is 2. The average Bonchev–Trinajstić information content (AvgIpc) is 2.75. The summed E-state index contributed by atoms with van der Waals surface area (Å²) in [5, 5.41) is 0. The molecule has 0 N–H and O–H groups in total. The minimum Gasteiger partial charge on any atom is -0.460 e. The van der Waals surface area contributed by atoms with Crippen LogP contribution in [0.1, 0.15) is 88.2 Å². The first-order valence-electron chi connectivity index (χ1n) is 11.1. The van der Waals surface area contributed by atoms with Crippen molar-refractivity contribution in [2.45, 2.75) is 102 Å². The molecule has 0 bridgehead atoms. The van der Waals surface area contributed by atoms with Crippen LogP contribution in [0.4, 0.5) is 8.78 Å². The van der Waals surface area contributed by atoms with Crippen LogP contribution in [0.2, 0.25) is 0 Å². The Kier molecular flexibility index (Phi) is 7.84. The Bertz CT molecular complexity index is 639. The summed E-state index contributed by atoms with van der Waals surface area (Å²) in [6, 6.07) is 8.75. The third-order valence-electron chi connectivity index (χ3n) is 6.44. The molecule has 0 amide bonds. The fraction of sp³-hybridized carbons (Fsp3) is 0.667. The van der Waals surface area contributed by atoms with Gasteiger partial charge in [0.05, 0.1) is 0 Å². The lowest BCUT2D eigenvalue weighted by Gasteiger charge is -2.30. The van der Waals surface area contributed by atoms with Crippen LogP contribution in [0.5, 0.6) is 0 Å². The Labute approximate surface area is 177 Å². The SMILES string of the molecule is C[C@@H](F)C(=O)OC1CCC(c2ccc(C3CCC(OC(=O)[C@@H](C)F)CC3)cc2)CC1. The summed E-state index contributed by atoms with van der Waals surface area (Å²) in [7, 11) is 0. The number of carbonyl (C=O) groups excluding carboxylic acids is 2. The van der Waals surface area contributed by atoms with Crippen LogP contribution in [0.25, 0.3) is 0 Å². The maximum absolute atomic E-state index is 13.0. The third-order valence-corrected chi connectivity index (χ3v) is 6.44. The molecule has 0 radical (unpaired) electrons. The molecule has 2 atom stereocenters. The Morgan fingerprint density at radius 2 is 1.00 bits per heavy atom. The number of hydrogen-bond donors (Lipinski definition) is 0. The van der Waals surface area contributed by atoms with Gasteiger partial charge in [0.2, 0.25) is 0 Å². The highest BCUT2D eigenvalue weighted by Gasteiger charge is 2.28. The number of alkyl halides is 2. The second-order valence-electron chi connectivity index (χ2n) is 8.72. The van der Waals surface area contributed by atoms with Crippen LogP contribution in [-0.2, 0) is 19.1 Å². The molecule has 0 unspecified atom stereocenters.